The first-order chi connectivity index (χ1) is 12.1. The molecule has 2 heterocycles. The highest BCUT2D eigenvalue weighted by atomic mass is 32.2. The molecule has 1 aliphatic heterocycles. The summed E-state index contributed by atoms with van der Waals surface area (Å²) in [4.78, 5) is 12.3. The summed E-state index contributed by atoms with van der Waals surface area (Å²) in [5, 5.41) is 4.66. The van der Waals surface area contributed by atoms with E-state index in [4.69, 9.17) is 0 Å². The Morgan fingerprint density at radius 3 is 2.68 bits per heavy atom. The van der Waals surface area contributed by atoms with Gasteiger partial charge in [0.1, 0.15) is 4.21 Å². The fourth-order valence-corrected chi connectivity index (χ4v) is 5.92. The number of thiophene rings is 1. The number of benzene rings is 1. The number of sulfonamides is 1. The molecule has 1 saturated heterocycles. The average molecular weight is 379 g/mol. The first-order valence-corrected chi connectivity index (χ1v) is 10.8. The molecule has 0 bridgehead atoms. The van der Waals surface area contributed by atoms with E-state index < -0.39 is 10.0 Å². The maximum absolute atomic E-state index is 12.8. The molecule has 0 saturated carbocycles. The minimum absolute atomic E-state index is 0.109. The van der Waals surface area contributed by atoms with Gasteiger partial charge in [0.25, 0.3) is 10.0 Å². The molecule has 1 fully saturated rings. The first-order valence-electron chi connectivity index (χ1n) is 8.43. The van der Waals surface area contributed by atoms with Crippen molar-refractivity contribution in [1.82, 2.24) is 9.62 Å². The van der Waals surface area contributed by atoms with Crippen molar-refractivity contribution in [3.63, 3.8) is 0 Å². The Hall–Kier alpha value is -1.70. The molecule has 1 aliphatic rings. The van der Waals surface area contributed by atoms with Crippen molar-refractivity contribution in [3.05, 3.63) is 53.4 Å². The van der Waals surface area contributed by atoms with Crippen LogP contribution in [-0.2, 0) is 21.4 Å². The highest BCUT2D eigenvalue weighted by molar-refractivity contribution is 7.91. The molecule has 3 rings (SSSR count). The van der Waals surface area contributed by atoms with Crippen LogP contribution in [0.3, 0.4) is 0 Å². The van der Waals surface area contributed by atoms with Crippen molar-refractivity contribution in [2.75, 3.05) is 6.54 Å². The van der Waals surface area contributed by atoms with Crippen LogP contribution in [0.1, 0.15) is 31.2 Å². The van der Waals surface area contributed by atoms with Crippen LogP contribution < -0.4 is 5.32 Å². The molecule has 2 aromatic rings. The average Bonchev–Trinajstić information content (AvgIpc) is 3.17. The second-order valence-corrected chi connectivity index (χ2v) is 9.23. The van der Waals surface area contributed by atoms with Crippen molar-refractivity contribution in [1.29, 1.82) is 0 Å². The van der Waals surface area contributed by atoms with Crippen molar-refractivity contribution < 1.29 is 13.2 Å². The van der Waals surface area contributed by atoms with Gasteiger partial charge in [-0.05, 0) is 29.9 Å². The molecule has 1 N–H and O–H groups in total. The number of carbonyl (C=O) groups excluding carboxylic acids is 1. The molecule has 134 valence electrons. The second kappa shape index (κ2) is 8.12. The number of carbonyl (C=O) groups is 1. The Labute approximate surface area is 152 Å². The van der Waals surface area contributed by atoms with E-state index in [1.807, 2.05) is 30.3 Å². The van der Waals surface area contributed by atoms with Gasteiger partial charge in [-0.1, -0.05) is 42.8 Å². The Bertz CT molecular complexity index is 789. The van der Waals surface area contributed by atoms with Crippen LogP contribution in [0.25, 0.3) is 0 Å². The SMILES string of the molecule is O=C(C[C@@H]1CCCCN1S(=O)(=O)c1cccs1)NCc1ccccc1. The molecule has 0 spiro atoms. The normalized spacial score (nSPS) is 18.8. The van der Waals surface area contributed by atoms with Gasteiger partial charge in [0.05, 0.1) is 0 Å². The summed E-state index contributed by atoms with van der Waals surface area (Å²) >= 11 is 1.22. The Morgan fingerprint density at radius 1 is 1.16 bits per heavy atom. The van der Waals surface area contributed by atoms with Crippen LogP contribution in [0.5, 0.6) is 0 Å². The van der Waals surface area contributed by atoms with E-state index in [-0.39, 0.29) is 18.4 Å². The van der Waals surface area contributed by atoms with E-state index in [0.29, 0.717) is 17.3 Å². The third kappa shape index (κ3) is 4.48. The van der Waals surface area contributed by atoms with Crippen molar-refractivity contribution >= 4 is 27.3 Å². The van der Waals surface area contributed by atoms with Crippen LogP contribution in [0, 0.1) is 0 Å². The molecule has 25 heavy (non-hydrogen) atoms. The van der Waals surface area contributed by atoms with Gasteiger partial charge < -0.3 is 5.32 Å². The summed E-state index contributed by atoms with van der Waals surface area (Å²) in [5.41, 5.74) is 1.03. The van der Waals surface area contributed by atoms with Gasteiger partial charge in [0.2, 0.25) is 5.91 Å². The highest BCUT2D eigenvalue weighted by Crippen LogP contribution is 2.29. The molecule has 0 aliphatic carbocycles. The number of rotatable bonds is 6. The molecule has 1 amide bonds. The Balaban J connectivity index is 1.64. The number of amides is 1. The topological polar surface area (TPSA) is 66.5 Å². The third-order valence-corrected chi connectivity index (χ3v) is 7.71. The van der Waals surface area contributed by atoms with E-state index in [1.165, 1.54) is 15.6 Å². The monoisotopic (exact) mass is 378 g/mol. The summed E-state index contributed by atoms with van der Waals surface area (Å²) in [6.07, 6.45) is 2.72. The van der Waals surface area contributed by atoms with Gasteiger partial charge in [-0.2, -0.15) is 4.31 Å². The summed E-state index contributed by atoms with van der Waals surface area (Å²) in [6.45, 7) is 0.945. The fraction of sp³-hybridized carbons (Fsp3) is 0.389. The maximum atomic E-state index is 12.8. The van der Waals surface area contributed by atoms with Gasteiger partial charge in [0, 0.05) is 25.6 Å². The van der Waals surface area contributed by atoms with E-state index in [0.717, 1.165) is 24.8 Å². The standard InChI is InChI=1S/C18H22N2O3S2/c21-17(19-14-15-7-2-1-3-8-15)13-16-9-4-5-11-20(16)25(22,23)18-10-6-12-24-18/h1-3,6-8,10,12,16H,4-5,9,11,13-14H2,(H,19,21)/t16-/m0/s1. The lowest BCUT2D eigenvalue weighted by molar-refractivity contribution is -0.122. The number of nitrogens with zero attached hydrogens (tertiary/aromatic N) is 1. The molecule has 0 radical (unpaired) electrons. The van der Waals surface area contributed by atoms with E-state index in [2.05, 4.69) is 5.32 Å². The molecule has 7 heteroatoms. The van der Waals surface area contributed by atoms with Crippen LogP contribution in [0.2, 0.25) is 0 Å². The highest BCUT2D eigenvalue weighted by Gasteiger charge is 2.35. The van der Waals surface area contributed by atoms with Crippen LogP contribution >= 0.6 is 11.3 Å². The minimum atomic E-state index is -3.51. The largest absolute Gasteiger partial charge is 0.352 e. The lowest BCUT2D eigenvalue weighted by Gasteiger charge is -2.34. The van der Waals surface area contributed by atoms with Gasteiger partial charge in [0.15, 0.2) is 0 Å². The van der Waals surface area contributed by atoms with Crippen molar-refractivity contribution in [3.8, 4) is 0 Å². The predicted molar refractivity (Wildman–Crippen MR) is 98.8 cm³/mol. The van der Waals surface area contributed by atoms with E-state index in [9.17, 15) is 13.2 Å². The van der Waals surface area contributed by atoms with Crippen molar-refractivity contribution in [2.45, 2.75) is 42.5 Å². The van der Waals surface area contributed by atoms with Gasteiger partial charge in [-0.15, -0.1) is 11.3 Å². The van der Waals surface area contributed by atoms with E-state index >= 15 is 0 Å². The number of hydrogen-bond acceptors (Lipinski definition) is 4. The van der Waals surface area contributed by atoms with Gasteiger partial charge in [-0.3, -0.25) is 4.79 Å². The zero-order valence-corrected chi connectivity index (χ0v) is 15.6. The summed E-state index contributed by atoms with van der Waals surface area (Å²) in [7, 11) is -3.51. The molecule has 1 atom stereocenters. The lowest BCUT2D eigenvalue weighted by Crippen LogP contribution is -2.45. The van der Waals surface area contributed by atoms with Gasteiger partial charge >= 0.3 is 0 Å². The zero-order chi connectivity index (χ0) is 17.7. The molecule has 5 nitrogen and oxygen atoms in total. The van der Waals surface area contributed by atoms with Crippen molar-refractivity contribution in [2.24, 2.45) is 0 Å². The predicted octanol–water partition coefficient (Wildman–Crippen LogP) is 3.00. The summed E-state index contributed by atoms with van der Waals surface area (Å²) in [5.74, 6) is -0.109. The molecular formula is C18H22N2O3S2. The second-order valence-electron chi connectivity index (χ2n) is 6.16. The Kier molecular flexibility index (Phi) is 5.88. The number of hydrogen-bond donors (Lipinski definition) is 1. The molecular weight excluding hydrogens is 356 g/mol. The summed E-state index contributed by atoms with van der Waals surface area (Å²) < 4.78 is 27.5. The number of piperidine rings is 1. The molecule has 1 aromatic heterocycles. The van der Waals surface area contributed by atoms with Crippen LogP contribution in [-0.4, -0.2) is 31.2 Å². The van der Waals surface area contributed by atoms with Gasteiger partial charge in [-0.25, -0.2) is 8.42 Å². The fourth-order valence-electron chi connectivity index (χ4n) is 3.10. The smallest absolute Gasteiger partial charge is 0.252 e. The third-order valence-electron chi connectivity index (χ3n) is 4.38. The van der Waals surface area contributed by atoms with Crippen LogP contribution in [0.4, 0.5) is 0 Å². The minimum Gasteiger partial charge on any atom is -0.352 e. The van der Waals surface area contributed by atoms with E-state index in [1.54, 1.807) is 17.5 Å². The summed E-state index contributed by atoms with van der Waals surface area (Å²) in [6, 6.07) is 12.8. The maximum Gasteiger partial charge on any atom is 0.252 e. The molecule has 1 aromatic carbocycles. The number of nitrogens with one attached hydrogen (secondary N) is 1. The quantitative estimate of drug-likeness (QED) is 0.840. The molecule has 0 unspecified atom stereocenters. The zero-order valence-electron chi connectivity index (χ0n) is 13.9. The van der Waals surface area contributed by atoms with Crippen LogP contribution in [0.15, 0.2) is 52.1 Å². The first kappa shape index (κ1) is 18.1. The lowest BCUT2D eigenvalue weighted by atomic mass is 10.0. The Morgan fingerprint density at radius 2 is 1.96 bits per heavy atom.